The fourth-order valence-corrected chi connectivity index (χ4v) is 2.48. The van der Waals surface area contributed by atoms with Gasteiger partial charge in [-0.1, -0.05) is 22.9 Å². The molecule has 5 nitrogen and oxygen atoms in total. The summed E-state index contributed by atoms with van der Waals surface area (Å²) in [5.41, 5.74) is 7.17. The summed E-state index contributed by atoms with van der Waals surface area (Å²) in [7, 11) is 0. The van der Waals surface area contributed by atoms with Crippen molar-refractivity contribution in [3.63, 3.8) is 0 Å². The largest absolute Gasteiger partial charge is 0.399 e. The number of hydrogen-bond donors (Lipinski definition) is 2. The smallest absolute Gasteiger partial charge is 0.255 e. The number of nitrogens with zero attached hydrogens (tertiary/aromatic N) is 1. The number of pyridine rings is 1. The lowest BCUT2D eigenvalue weighted by molar-refractivity contribution is 0.102. The van der Waals surface area contributed by atoms with Crippen LogP contribution in [0.25, 0.3) is 0 Å². The highest BCUT2D eigenvalue weighted by molar-refractivity contribution is 9.10. The van der Waals surface area contributed by atoms with Crippen LogP contribution in [0.1, 0.15) is 23.7 Å². The number of amides is 1. The molecule has 1 aromatic carbocycles. The third kappa shape index (κ3) is 3.95. The van der Waals surface area contributed by atoms with Crippen LogP contribution in [0.4, 0.5) is 11.4 Å². The van der Waals surface area contributed by atoms with Crippen molar-refractivity contribution in [2.75, 3.05) is 11.1 Å². The Morgan fingerprint density at radius 3 is 2.76 bits per heavy atom. The van der Waals surface area contributed by atoms with Crippen molar-refractivity contribution < 1.29 is 4.79 Å². The minimum absolute atomic E-state index is 0.0819. The van der Waals surface area contributed by atoms with E-state index in [1.54, 1.807) is 35.0 Å². The van der Waals surface area contributed by atoms with Gasteiger partial charge in [-0.25, -0.2) is 0 Å². The van der Waals surface area contributed by atoms with E-state index in [9.17, 15) is 9.59 Å². The molecule has 6 heteroatoms. The number of nitrogens with one attached hydrogen (secondary N) is 1. The highest BCUT2D eigenvalue weighted by atomic mass is 79.9. The van der Waals surface area contributed by atoms with Crippen molar-refractivity contribution in [1.29, 1.82) is 0 Å². The van der Waals surface area contributed by atoms with Crippen LogP contribution < -0.4 is 16.6 Å². The SMILES string of the molecule is CCCn1cc(NC(=O)c2cc(N)cc(Br)c2)ccc1=O. The van der Waals surface area contributed by atoms with Crippen molar-refractivity contribution in [3.05, 3.63) is 56.9 Å². The maximum Gasteiger partial charge on any atom is 0.255 e. The van der Waals surface area contributed by atoms with Gasteiger partial charge in [0.25, 0.3) is 11.5 Å². The van der Waals surface area contributed by atoms with Crippen LogP contribution in [0.5, 0.6) is 0 Å². The third-order valence-electron chi connectivity index (χ3n) is 2.89. The Labute approximate surface area is 130 Å². The zero-order valence-corrected chi connectivity index (χ0v) is 13.2. The number of hydrogen-bond acceptors (Lipinski definition) is 3. The molecule has 0 fully saturated rings. The van der Waals surface area contributed by atoms with E-state index in [-0.39, 0.29) is 11.5 Å². The summed E-state index contributed by atoms with van der Waals surface area (Å²) in [6.07, 6.45) is 2.49. The van der Waals surface area contributed by atoms with Crippen LogP contribution in [0.3, 0.4) is 0 Å². The molecule has 0 radical (unpaired) electrons. The number of rotatable bonds is 4. The van der Waals surface area contributed by atoms with Crippen molar-refractivity contribution >= 4 is 33.2 Å². The number of nitrogen functional groups attached to an aromatic ring is 1. The standard InChI is InChI=1S/C15H16BrN3O2/c1-2-5-19-9-13(3-4-14(19)20)18-15(21)10-6-11(16)8-12(17)7-10/h3-4,6-9H,2,5,17H2,1H3,(H,18,21). The quantitative estimate of drug-likeness (QED) is 0.833. The molecule has 0 spiro atoms. The minimum Gasteiger partial charge on any atom is -0.399 e. The Balaban J connectivity index is 2.23. The number of halogens is 1. The molecule has 1 aromatic heterocycles. The lowest BCUT2D eigenvalue weighted by atomic mass is 10.2. The molecule has 21 heavy (non-hydrogen) atoms. The first kappa shape index (κ1) is 15.3. The van der Waals surface area contributed by atoms with Crippen LogP contribution in [0.15, 0.2) is 45.8 Å². The molecule has 1 heterocycles. The maximum absolute atomic E-state index is 12.2. The van der Waals surface area contributed by atoms with E-state index < -0.39 is 0 Å². The number of carbonyl (C=O) groups excluding carboxylic acids is 1. The van der Waals surface area contributed by atoms with Gasteiger partial charge in [0, 0.05) is 34.5 Å². The molecule has 3 N–H and O–H groups in total. The van der Waals surface area contributed by atoms with E-state index >= 15 is 0 Å². The van der Waals surface area contributed by atoms with E-state index in [1.165, 1.54) is 6.07 Å². The van der Waals surface area contributed by atoms with Crippen molar-refractivity contribution in [2.24, 2.45) is 0 Å². The number of carbonyl (C=O) groups is 1. The second-order valence-electron chi connectivity index (χ2n) is 4.68. The van der Waals surface area contributed by atoms with Gasteiger partial charge in [0.2, 0.25) is 0 Å². The van der Waals surface area contributed by atoms with Crippen LogP contribution in [0.2, 0.25) is 0 Å². The molecule has 0 atom stereocenters. The molecular formula is C15H16BrN3O2. The molecule has 0 aliphatic heterocycles. The summed E-state index contributed by atoms with van der Waals surface area (Å²) in [6.45, 7) is 2.61. The second kappa shape index (κ2) is 6.58. The fourth-order valence-electron chi connectivity index (χ4n) is 1.97. The van der Waals surface area contributed by atoms with Crippen LogP contribution >= 0.6 is 15.9 Å². The van der Waals surface area contributed by atoms with Gasteiger partial charge < -0.3 is 15.6 Å². The average molecular weight is 350 g/mol. The van der Waals surface area contributed by atoms with E-state index in [0.29, 0.717) is 23.5 Å². The number of nitrogens with two attached hydrogens (primary N) is 1. The van der Waals surface area contributed by atoms with Gasteiger partial charge in [-0.3, -0.25) is 9.59 Å². The normalized spacial score (nSPS) is 10.4. The summed E-state index contributed by atoms with van der Waals surface area (Å²) >= 11 is 3.30. The van der Waals surface area contributed by atoms with Crippen LogP contribution in [0, 0.1) is 0 Å². The predicted molar refractivity (Wildman–Crippen MR) is 87.5 cm³/mol. The zero-order valence-electron chi connectivity index (χ0n) is 11.6. The second-order valence-corrected chi connectivity index (χ2v) is 5.59. The highest BCUT2D eigenvalue weighted by Gasteiger charge is 2.08. The van der Waals surface area contributed by atoms with Gasteiger partial charge in [-0.05, 0) is 30.7 Å². The van der Waals surface area contributed by atoms with E-state index in [1.807, 2.05) is 6.92 Å². The van der Waals surface area contributed by atoms with E-state index in [4.69, 9.17) is 5.73 Å². The van der Waals surface area contributed by atoms with Crippen LogP contribution in [-0.4, -0.2) is 10.5 Å². The summed E-state index contributed by atoms with van der Waals surface area (Å²) in [6, 6.07) is 8.04. The summed E-state index contributed by atoms with van der Waals surface area (Å²) < 4.78 is 2.31. The Hall–Kier alpha value is -2.08. The summed E-state index contributed by atoms with van der Waals surface area (Å²) in [4.78, 5) is 23.8. The van der Waals surface area contributed by atoms with Gasteiger partial charge >= 0.3 is 0 Å². The molecule has 0 aliphatic rings. The molecule has 1 amide bonds. The lowest BCUT2D eigenvalue weighted by Crippen LogP contribution is -2.20. The molecule has 0 saturated heterocycles. The number of benzene rings is 1. The van der Waals surface area contributed by atoms with Crippen molar-refractivity contribution in [2.45, 2.75) is 19.9 Å². The average Bonchev–Trinajstić information content (AvgIpc) is 2.41. The highest BCUT2D eigenvalue weighted by Crippen LogP contribution is 2.18. The van der Waals surface area contributed by atoms with Gasteiger partial charge in [0.15, 0.2) is 0 Å². The number of aryl methyl sites for hydroxylation is 1. The molecule has 2 rings (SSSR count). The fraction of sp³-hybridized carbons (Fsp3) is 0.200. The van der Waals surface area contributed by atoms with E-state index in [0.717, 1.165) is 10.9 Å². The number of anilines is 2. The molecule has 0 saturated carbocycles. The van der Waals surface area contributed by atoms with Gasteiger partial charge in [0.1, 0.15) is 0 Å². The predicted octanol–water partition coefficient (Wildman–Crippen LogP) is 2.86. The van der Waals surface area contributed by atoms with E-state index in [2.05, 4.69) is 21.2 Å². The third-order valence-corrected chi connectivity index (χ3v) is 3.35. The molecular weight excluding hydrogens is 334 g/mol. The summed E-state index contributed by atoms with van der Waals surface area (Å²) in [5, 5.41) is 2.76. The molecule has 2 aromatic rings. The first-order valence-electron chi connectivity index (χ1n) is 6.57. The molecule has 0 bridgehead atoms. The van der Waals surface area contributed by atoms with Gasteiger partial charge in [-0.2, -0.15) is 0 Å². The molecule has 110 valence electrons. The number of aromatic nitrogens is 1. The first-order valence-corrected chi connectivity index (χ1v) is 7.37. The maximum atomic E-state index is 12.2. The Morgan fingerprint density at radius 2 is 2.10 bits per heavy atom. The van der Waals surface area contributed by atoms with Crippen molar-refractivity contribution in [1.82, 2.24) is 4.57 Å². The topological polar surface area (TPSA) is 77.1 Å². The minimum atomic E-state index is -0.273. The Morgan fingerprint density at radius 1 is 1.33 bits per heavy atom. The summed E-state index contributed by atoms with van der Waals surface area (Å²) in [5.74, 6) is -0.273. The zero-order chi connectivity index (χ0) is 15.4. The monoisotopic (exact) mass is 349 g/mol. The Kier molecular flexibility index (Phi) is 4.80. The van der Waals surface area contributed by atoms with Gasteiger partial charge in [0.05, 0.1) is 5.69 Å². The molecule has 0 aliphatic carbocycles. The molecule has 0 unspecified atom stereocenters. The van der Waals surface area contributed by atoms with Crippen LogP contribution in [-0.2, 0) is 6.54 Å². The van der Waals surface area contributed by atoms with Crippen molar-refractivity contribution in [3.8, 4) is 0 Å². The Bertz CT molecular complexity index is 705. The lowest BCUT2D eigenvalue weighted by Gasteiger charge is -2.09. The first-order chi connectivity index (χ1) is 9.99. The van der Waals surface area contributed by atoms with Gasteiger partial charge in [-0.15, -0.1) is 0 Å².